The molecule has 2 aromatic rings. The van der Waals surface area contributed by atoms with Gasteiger partial charge in [-0.25, -0.2) is 10.4 Å². The van der Waals surface area contributed by atoms with Crippen LogP contribution in [-0.4, -0.2) is 17.8 Å². The molecule has 0 radical (unpaired) electrons. The van der Waals surface area contributed by atoms with Gasteiger partial charge in [0.2, 0.25) is 11.6 Å². The van der Waals surface area contributed by atoms with E-state index in [0.717, 1.165) is 11.3 Å². The molecular weight excluding hydrogens is 280 g/mol. The number of anilines is 1. The maximum Gasteiger partial charge on any atom is 0.252 e. The van der Waals surface area contributed by atoms with Crippen molar-refractivity contribution in [3.63, 3.8) is 0 Å². The van der Waals surface area contributed by atoms with Crippen molar-refractivity contribution < 1.29 is 9.15 Å². The minimum Gasteiger partial charge on any atom is -0.493 e. The monoisotopic (exact) mass is 298 g/mol. The molecule has 0 saturated heterocycles. The van der Waals surface area contributed by atoms with E-state index in [9.17, 15) is 0 Å². The highest BCUT2D eigenvalue weighted by molar-refractivity contribution is 5.83. The molecule has 2 rings (SSSR count). The molecule has 0 atom stereocenters. The number of hydrazone groups is 1. The number of hydrogen-bond donors (Lipinski definition) is 1. The Labute approximate surface area is 129 Å². The van der Waals surface area contributed by atoms with Crippen LogP contribution >= 0.6 is 0 Å². The van der Waals surface area contributed by atoms with Crippen molar-refractivity contribution in [2.75, 3.05) is 12.0 Å². The first-order valence-electron chi connectivity index (χ1n) is 7.07. The third kappa shape index (κ3) is 3.64. The van der Waals surface area contributed by atoms with Crippen LogP contribution in [0.5, 0.6) is 5.75 Å². The van der Waals surface area contributed by atoms with Crippen molar-refractivity contribution in [3.05, 3.63) is 41.4 Å². The SMILES string of the molecule is CCOc1ccccc1/C=N/Nc1oc(C(C)C)nc1C#N. The predicted molar refractivity (Wildman–Crippen MR) is 84.1 cm³/mol. The molecule has 0 aliphatic heterocycles. The highest BCUT2D eigenvalue weighted by Gasteiger charge is 2.14. The molecule has 0 amide bonds. The lowest BCUT2D eigenvalue weighted by Gasteiger charge is -2.05. The largest absolute Gasteiger partial charge is 0.493 e. The maximum atomic E-state index is 9.06. The molecule has 1 aromatic heterocycles. The second-order valence-electron chi connectivity index (χ2n) is 4.84. The van der Waals surface area contributed by atoms with Crippen LogP contribution in [0.15, 0.2) is 33.8 Å². The van der Waals surface area contributed by atoms with Crippen LogP contribution in [0, 0.1) is 11.3 Å². The zero-order valence-corrected chi connectivity index (χ0v) is 12.8. The van der Waals surface area contributed by atoms with Gasteiger partial charge < -0.3 is 9.15 Å². The van der Waals surface area contributed by atoms with E-state index in [1.54, 1.807) is 6.21 Å². The highest BCUT2D eigenvalue weighted by atomic mass is 16.5. The molecular formula is C16H18N4O2. The van der Waals surface area contributed by atoms with Gasteiger partial charge in [0.1, 0.15) is 11.8 Å². The second kappa shape index (κ2) is 7.27. The number of nitrogens with zero attached hydrogens (tertiary/aromatic N) is 3. The first kappa shape index (κ1) is 15.6. The quantitative estimate of drug-likeness (QED) is 0.651. The van der Waals surface area contributed by atoms with Gasteiger partial charge in [-0.1, -0.05) is 26.0 Å². The van der Waals surface area contributed by atoms with E-state index in [-0.39, 0.29) is 17.5 Å². The zero-order chi connectivity index (χ0) is 15.9. The van der Waals surface area contributed by atoms with Gasteiger partial charge in [0.15, 0.2) is 0 Å². The third-order valence-corrected chi connectivity index (χ3v) is 2.83. The zero-order valence-electron chi connectivity index (χ0n) is 12.8. The van der Waals surface area contributed by atoms with Crippen LogP contribution in [0.2, 0.25) is 0 Å². The van der Waals surface area contributed by atoms with Crippen LogP contribution < -0.4 is 10.2 Å². The number of ether oxygens (including phenoxy) is 1. The summed E-state index contributed by atoms with van der Waals surface area (Å²) in [6, 6.07) is 9.54. The normalized spacial score (nSPS) is 10.9. The van der Waals surface area contributed by atoms with Gasteiger partial charge in [0.05, 0.1) is 12.8 Å². The fourth-order valence-corrected chi connectivity index (χ4v) is 1.77. The molecule has 0 aliphatic rings. The number of nitriles is 1. The van der Waals surface area contributed by atoms with Crippen LogP contribution in [0.3, 0.4) is 0 Å². The van der Waals surface area contributed by atoms with Gasteiger partial charge in [-0.2, -0.15) is 10.4 Å². The number of hydrogen-bond acceptors (Lipinski definition) is 6. The van der Waals surface area contributed by atoms with E-state index in [0.29, 0.717) is 12.5 Å². The Morgan fingerprint density at radius 1 is 1.45 bits per heavy atom. The molecule has 0 fully saturated rings. The van der Waals surface area contributed by atoms with Gasteiger partial charge in [0, 0.05) is 11.5 Å². The highest BCUT2D eigenvalue weighted by Crippen LogP contribution is 2.22. The molecule has 22 heavy (non-hydrogen) atoms. The molecule has 0 saturated carbocycles. The lowest BCUT2D eigenvalue weighted by molar-refractivity contribution is 0.340. The predicted octanol–water partition coefficient (Wildman–Crippen LogP) is 3.51. The molecule has 0 aliphatic carbocycles. The summed E-state index contributed by atoms with van der Waals surface area (Å²) in [6.07, 6.45) is 1.61. The Kier molecular flexibility index (Phi) is 5.15. The van der Waals surface area contributed by atoms with Gasteiger partial charge in [-0.3, -0.25) is 0 Å². The summed E-state index contributed by atoms with van der Waals surface area (Å²) in [5.41, 5.74) is 3.75. The summed E-state index contributed by atoms with van der Waals surface area (Å²) < 4.78 is 11.0. The summed E-state index contributed by atoms with van der Waals surface area (Å²) in [6.45, 7) is 6.39. The van der Waals surface area contributed by atoms with Crippen LogP contribution in [0.1, 0.15) is 43.8 Å². The Hall–Kier alpha value is -2.81. The summed E-state index contributed by atoms with van der Waals surface area (Å²) >= 11 is 0. The van der Waals surface area contributed by atoms with Gasteiger partial charge in [-0.05, 0) is 19.1 Å². The molecule has 1 N–H and O–H groups in total. The Bertz CT molecular complexity index is 698. The average molecular weight is 298 g/mol. The number of benzene rings is 1. The Morgan fingerprint density at radius 2 is 2.23 bits per heavy atom. The topological polar surface area (TPSA) is 83.4 Å². The van der Waals surface area contributed by atoms with Crippen molar-refractivity contribution >= 4 is 12.1 Å². The summed E-state index contributed by atoms with van der Waals surface area (Å²) in [7, 11) is 0. The van der Waals surface area contributed by atoms with E-state index in [4.69, 9.17) is 14.4 Å². The van der Waals surface area contributed by atoms with Gasteiger partial charge in [-0.15, -0.1) is 0 Å². The lowest BCUT2D eigenvalue weighted by Crippen LogP contribution is -1.97. The number of nitrogens with one attached hydrogen (secondary N) is 1. The fraction of sp³-hybridized carbons (Fsp3) is 0.312. The van der Waals surface area contributed by atoms with E-state index in [2.05, 4.69) is 15.5 Å². The summed E-state index contributed by atoms with van der Waals surface area (Å²) in [5.74, 6) is 1.60. The first-order chi connectivity index (χ1) is 10.7. The molecule has 0 spiro atoms. The van der Waals surface area contributed by atoms with Gasteiger partial charge >= 0.3 is 0 Å². The van der Waals surface area contributed by atoms with Crippen molar-refractivity contribution in [2.45, 2.75) is 26.7 Å². The smallest absolute Gasteiger partial charge is 0.252 e. The Balaban J connectivity index is 2.15. The average Bonchev–Trinajstić information content (AvgIpc) is 2.93. The van der Waals surface area contributed by atoms with Crippen LogP contribution in [-0.2, 0) is 0 Å². The van der Waals surface area contributed by atoms with Crippen LogP contribution in [0.25, 0.3) is 0 Å². The van der Waals surface area contributed by atoms with E-state index >= 15 is 0 Å². The molecule has 6 nitrogen and oxygen atoms in total. The minimum absolute atomic E-state index is 0.102. The minimum atomic E-state index is 0.102. The molecule has 0 unspecified atom stereocenters. The number of aromatic nitrogens is 1. The maximum absolute atomic E-state index is 9.06. The van der Waals surface area contributed by atoms with Crippen molar-refractivity contribution in [3.8, 4) is 11.8 Å². The van der Waals surface area contributed by atoms with E-state index < -0.39 is 0 Å². The first-order valence-corrected chi connectivity index (χ1v) is 7.07. The molecule has 6 heteroatoms. The number of para-hydroxylation sites is 1. The number of rotatable bonds is 6. The van der Waals surface area contributed by atoms with E-state index in [1.807, 2.05) is 51.1 Å². The van der Waals surface area contributed by atoms with Crippen molar-refractivity contribution in [1.82, 2.24) is 4.98 Å². The number of oxazole rings is 1. The van der Waals surface area contributed by atoms with E-state index in [1.165, 1.54) is 0 Å². The molecule has 1 aromatic carbocycles. The van der Waals surface area contributed by atoms with Crippen molar-refractivity contribution in [2.24, 2.45) is 5.10 Å². The van der Waals surface area contributed by atoms with Crippen LogP contribution in [0.4, 0.5) is 5.88 Å². The lowest BCUT2D eigenvalue weighted by atomic mass is 10.2. The standard InChI is InChI=1S/C16H18N4O2/c1-4-21-14-8-6-5-7-12(14)10-18-20-16-13(9-17)19-15(22-16)11(2)3/h5-8,10-11,20H,4H2,1-3H3/b18-10+. The second-order valence-corrected chi connectivity index (χ2v) is 4.84. The Morgan fingerprint density at radius 3 is 2.91 bits per heavy atom. The molecule has 0 bridgehead atoms. The van der Waals surface area contributed by atoms with Gasteiger partial charge in [0.25, 0.3) is 5.88 Å². The fourth-order valence-electron chi connectivity index (χ4n) is 1.77. The molecule has 1 heterocycles. The third-order valence-electron chi connectivity index (χ3n) is 2.83. The summed E-state index contributed by atoms with van der Waals surface area (Å²) in [5, 5.41) is 13.2. The van der Waals surface area contributed by atoms with Crippen molar-refractivity contribution in [1.29, 1.82) is 5.26 Å². The molecule has 114 valence electrons. The summed E-state index contributed by atoms with van der Waals surface area (Å²) in [4.78, 5) is 4.11.